The van der Waals surface area contributed by atoms with E-state index in [-0.39, 0.29) is 5.91 Å². The van der Waals surface area contributed by atoms with Crippen LogP contribution in [0.1, 0.15) is 22.8 Å². The smallest absolute Gasteiger partial charge is 0.265 e. The Morgan fingerprint density at radius 3 is 2.79 bits per heavy atom. The fraction of sp³-hybridized carbons (Fsp3) is 0.300. The number of carbonyl (C=O) groups excluding carboxylic acids is 1. The fourth-order valence-corrected chi connectivity index (χ4v) is 1.28. The lowest BCUT2D eigenvalue weighted by atomic mass is 10.0. The number of aryl methyl sites for hydroxylation is 1. The van der Waals surface area contributed by atoms with E-state index in [1.54, 1.807) is 13.2 Å². The lowest BCUT2D eigenvalue weighted by molar-refractivity contribution is 0.0952. The molecule has 0 atom stereocenters. The van der Waals surface area contributed by atoms with E-state index in [2.05, 4.69) is 5.43 Å². The molecule has 76 valence electrons. The summed E-state index contributed by atoms with van der Waals surface area (Å²) in [5.74, 6) is 5.44. The first-order valence-electron chi connectivity index (χ1n) is 4.40. The second kappa shape index (κ2) is 4.62. The van der Waals surface area contributed by atoms with Crippen LogP contribution >= 0.6 is 0 Å². The molecule has 0 saturated heterocycles. The van der Waals surface area contributed by atoms with Crippen LogP contribution in [0.4, 0.5) is 0 Å². The fourth-order valence-electron chi connectivity index (χ4n) is 1.28. The highest BCUT2D eigenvalue weighted by Gasteiger charge is 2.09. The molecule has 0 bridgehead atoms. The van der Waals surface area contributed by atoms with Gasteiger partial charge < -0.3 is 4.74 Å². The zero-order valence-corrected chi connectivity index (χ0v) is 8.33. The maximum absolute atomic E-state index is 11.4. The Bertz CT molecular complexity index is 337. The number of hydrogen-bond donors (Lipinski definition) is 2. The van der Waals surface area contributed by atoms with Gasteiger partial charge in [-0.25, -0.2) is 5.84 Å². The molecule has 0 aliphatic carbocycles. The SMILES string of the molecule is CCc1ccc(OC)cc1C(=O)NN. The van der Waals surface area contributed by atoms with Gasteiger partial charge in [-0.1, -0.05) is 13.0 Å². The second-order valence-corrected chi connectivity index (χ2v) is 2.85. The highest BCUT2D eigenvalue weighted by molar-refractivity contribution is 5.95. The summed E-state index contributed by atoms with van der Waals surface area (Å²) in [4.78, 5) is 11.4. The predicted octanol–water partition coefficient (Wildman–Crippen LogP) is 0.861. The second-order valence-electron chi connectivity index (χ2n) is 2.85. The van der Waals surface area contributed by atoms with Gasteiger partial charge in [-0.05, 0) is 24.1 Å². The number of hydrogen-bond acceptors (Lipinski definition) is 3. The van der Waals surface area contributed by atoms with E-state index in [9.17, 15) is 4.79 Å². The number of ether oxygens (including phenoxy) is 1. The Morgan fingerprint density at radius 1 is 1.57 bits per heavy atom. The van der Waals surface area contributed by atoms with Crippen LogP contribution in [0, 0.1) is 0 Å². The minimum Gasteiger partial charge on any atom is -0.497 e. The monoisotopic (exact) mass is 194 g/mol. The molecule has 1 aromatic carbocycles. The number of nitrogens with one attached hydrogen (secondary N) is 1. The molecule has 4 nitrogen and oxygen atoms in total. The average Bonchev–Trinajstić information content (AvgIpc) is 2.27. The quantitative estimate of drug-likeness (QED) is 0.426. The van der Waals surface area contributed by atoms with E-state index >= 15 is 0 Å². The first-order valence-corrected chi connectivity index (χ1v) is 4.40. The van der Waals surface area contributed by atoms with Gasteiger partial charge in [0.15, 0.2) is 0 Å². The van der Waals surface area contributed by atoms with Gasteiger partial charge in [0.05, 0.1) is 7.11 Å². The Labute approximate surface area is 83.0 Å². The zero-order valence-electron chi connectivity index (χ0n) is 8.33. The Morgan fingerprint density at radius 2 is 2.29 bits per heavy atom. The van der Waals surface area contributed by atoms with Gasteiger partial charge in [-0.15, -0.1) is 0 Å². The van der Waals surface area contributed by atoms with E-state index in [0.29, 0.717) is 11.3 Å². The molecule has 0 unspecified atom stereocenters. The number of methoxy groups -OCH3 is 1. The highest BCUT2D eigenvalue weighted by Crippen LogP contribution is 2.17. The number of nitrogens with two attached hydrogens (primary N) is 1. The molecule has 0 aliphatic heterocycles. The van der Waals surface area contributed by atoms with Crippen LogP contribution in [0.15, 0.2) is 18.2 Å². The standard InChI is InChI=1S/C10H14N2O2/c1-3-7-4-5-8(14-2)6-9(7)10(13)12-11/h4-6H,3,11H2,1-2H3,(H,12,13). The van der Waals surface area contributed by atoms with Crippen LogP contribution in [-0.4, -0.2) is 13.0 Å². The van der Waals surface area contributed by atoms with Crippen LogP contribution in [0.25, 0.3) is 0 Å². The van der Waals surface area contributed by atoms with Crippen molar-refractivity contribution in [3.8, 4) is 5.75 Å². The van der Waals surface area contributed by atoms with Crippen molar-refractivity contribution in [1.82, 2.24) is 5.43 Å². The Balaban J connectivity index is 3.14. The van der Waals surface area contributed by atoms with Crippen molar-refractivity contribution < 1.29 is 9.53 Å². The molecular weight excluding hydrogens is 180 g/mol. The Hall–Kier alpha value is -1.55. The summed E-state index contributed by atoms with van der Waals surface area (Å²) in [6.07, 6.45) is 0.784. The number of nitrogen functional groups attached to an aromatic ring is 1. The van der Waals surface area contributed by atoms with E-state index in [1.165, 1.54) is 0 Å². The third-order valence-electron chi connectivity index (χ3n) is 2.07. The minimum absolute atomic E-state index is 0.291. The predicted molar refractivity (Wildman–Crippen MR) is 54.0 cm³/mol. The molecule has 0 saturated carbocycles. The van der Waals surface area contributed by atoms with Crippen LogP contribution in [0.2, 0.25) is 0 Å². The van der Waals surface area contributed by atoms with Crippen molar-refractivity contribution in [3.63, 3.8) is 0 Å². The molecule has 0 heterocycles. The normalized spacial score (nSPS) is 9.64. The molecule has 0 aromatic heterocycles. The van der Waals surface area contributed by atoms with Gasteiger partial charge in [0, 0.05) is 5.56 Å². The van der Waals surface area contributed by atoms with Crippen molar-refractivity contribution in [2.24, 2.45) is 5.84 Å². The molecule has 0 fully saturated rings. The zero-order chi connectivity index (χ0) is 10.6. The molecule has 14 heavy (non-hydrogen) atoms. The number of carbonyl (C=O) groups is 1. The maximum Gasteiger partial charge on any atom is 0.265 e. The molecular formula is C10H14N2O2. The maximum atomic E-state index is 11.4. The third-order valence-corrected chi connectivity index (χ3v) is 2.07. The summed E-state index contributed by atoms with van der Waals surface area (Å²) < 4.78 is 5.03. The topological polar surface area (TPSA) is 64.3 Å². The van der Waals surface area contributed by atoms with Gasteiger partial charge in [0.2, 0.25) is 0 Å². The molecule has 1 rings (SSSR count). The lowest BCUT2D eigenvalue weighted by Gasteiger charge is -2.08. The van der Waals surface area contributed by atoms with Crippen LogP contribution < -0.4 is 16.0 Å². The van der Waals surface area contributed by atoms with Gasteiger partial charge >= 0.3 is 0 Å². The first kappa shape index (κ1) is 10.5. The van der Waals surface area contributed by atoms with E-state index in [1.807, 2.05) is 19.1 Å². The first-order chi connectivity index (χ1) is 6.72. The van der Waals surface area contributed by atoms with Gasteiger partial charge in [-0.2, -0.15) is 0 Å². The van der Waals surface area contributed by atoms with Crippen molar-refractivity contribution in [2.45, 2.75) is 13.3 Å². The number of amides is 1. The summed E-state index contributed by atoms with van der Waals surface area (Å²) in [5, 5.41) is 0. The lowest BCUT2D eigenvalue weighted by Crippen LogP contribution is -2.30. The van der Waals surface area contributed by atoms with Crippen molar-refractivity contribution >= 4 is 5.91 Å². The van der Waals surface area contributed by atoms with E-state index in [0.717, 1.165) is 12.0 Å². The van der Waals surface area contributed by atoms with Crippen LogP contribution in [0.3, 0.4) is 0 Å². The molecule has 1 aromatic rings. The molecule has 3 N–H and O–H groups in total. The van der Waals surface area contributed by atoms with E-state index < -0.39 is 0 Å². The van der Waals surface area contributed by atoms with Crippen molar-refractivity contribution in [1.29, 1.82) is 0 Å². The number of benzene rings is 1. The van der Waals surface area contributed by atoms with Crippen molar-refractivity contribution in [3.05, 3.63) is 29.3 Å². The van der Waals surface area contributed by atoms with Crippen LogP contribution in [-0.2, 0) is 6.42 Å². The largest absolute Gasteiger partial charge is 0.497 e. The van der Waals surface area contributed by atoms with Crippen molar-refractivity contribution in [2.75, 3.05) is 7.11 Å². The van der Waals surface area contributed by atoms with Gasteiger partial charge in [0.25, 0.3) is 5.91 Å². The minimum atomic E-state index is -0.291. The molecule has 1 amide bonds. The summed E-state index contributed by atoms with van der Waals surface area (Å²) in [6.45, 7) is 1.98. The van der Waals surface area contributed by atoms with Gasteiger partial charge in [0.1, 0.15) is 5.75 Å². The molecule has 0 radical (unpaired) electrons. The molecule has 4 heteroatoms. The molecule has 0 aliphatic rings. The summed E-state index contributed by atoms with van der Waals surface area (Å²) in [5.41, 5.74) is 3.63. The number of hydrazine groups is 1. The van der Waals surface area contributed by atoms with E-state index in [4.69, 9.17) is 10.6 Å². The molecule has 0 spiro atoms. The third kappa shape index (κ3) is 2.03. The average molecular weight is 194 g/mol. The number of rotatable bonds is 3. The summed E-state index contributed by atoms with van der Waals surface area (Å²) in [6, 6.07) is 5.37. The van der Waals surface area contributed by atoms with Crippen LogP contribution in [0.5, 0.6) is 5.75 Å². The van der Waals surface area contributed by atoms with Gasteiger partial charge in [-0.3, -0.25) is 10.2 Å². The Kier molecular flexibility index (Phi) is 3.48. The summed E-state index contributed by atoms with van der Waals surface area (Å²) >= 11 is 0. The summed E-state index contributed by atoms with van der Waals surface area (Å²) in [7, 11) is 1.56. The highest BCUT2D eigenvalue weighted by atomic mass is 16.5.